The van der Waals surface area contributed by atoms with Crippen LogP contribution in [0.1, 0.15) is 65.9 Å². The Morgan fingerprint density at radius 1 is 0.891 bits per heavy atom. The Morgan fingerprint density at radius 2 is 1.69 bits per heavy atom. The van der Waals surface area contributed by atoms with Gasteiger partial charge in [0.25, 0.3) is 11.8 Å². The van der Waals surface area contributed by atoms with Crippen molar-refractivity contribution in [3.8, 4) is 16.9 Å². The quantitative estimate of drug-likeness (QED) is 0.155. The Bertz CT molecular complexity index is 3120. The minimum atomic E-state index is -0.762. The molecule has 0 aliphatic carbocycles. The van der Waals surface area contributed by atoms with Crippen molar-refractivity contribution in [1.29, 1.82) is 0 Å². The second kappa shape index (κ2) is 16.9. The predicted octanol–water partition coefficient (Wildman–Crippen LogP) is 4.67. The van der Waals surface area contributed by atoms with Crippen molar-refractivity contribution in [2.75, 3.05) is 29.9 Å². The van der Waals surface area contributed by atoms with E-state index in [9.17, 15) is 28.8 Å². The molecule has 7 aromatic rings. The van der Waals surface area contributed by atoms with Crippen molar-refractivity contribution < 1.29 is 23.6 Å². The van der Waals surface area contributed by atoms with Crippen LogP contribution in [0.15, 0.2) is 94.9 Å². The molecule has 2 unspecified atom stereocenters. The second-order valence-electron chi connectivity index (χ2n) is 16.3. The number of aromatic nitrogens is 7. The smallest absolute Gasteiger partial charge is 0.350 e. The number of carbonyl (C=O) groups is 4. The molecule has 2 fully saturated rings. The molecule has 0 saturated carbocycles. The van der Waals surface area contributed by atoms with Gasteiger partial charge >= 0.3 is 11.4 Å². The number of amides is 4. The normalized spacial score (nSPS) is 16.7. The molecule has 3 aromatic carbocycles. The molecule has 6 heterocycles. The minimum absolute atomic E-state index is 0.163. The zero-order valence-corrected chi connectivity index (χ0v) is 35.5. The topological polar surface area (TPSA) is 192 Å². The number of nitrogens with zero attached hydrogens (tertiary/aromatic N) is 8. The van der Waals surface area contributed by atoms with Crippen molar-refractivity contribution in [3.63, 3.8) is 0 Å². The van der Waals surface area contributed by atoms with Crippen LogP contribution in [0.4, 0.5) is 15.8 Å². The van der Waals surface area contributed by atoms with E-state index < -0.39 is 29.6 Å². The average Bonchev–Trinajstić information content (AvgIpc) is 3.93. The fraction of sp³-hybridized carbons (Fsp3) is 0.304. The summed E-state index contributed by atoms with van der Waals surface area (Å²) in [6, 6.07) is 20.1. The lowest BCUT2D eigenvalue weighted by molar-refractivity contribution is -0.135. The van der Waals surface area contributed by atoms with Crippen molar-refractivity contribution in [2.45, 2.75) is 51.6 Å². The van der Waals surface area contributed by atoms with Gasteiger partial charge in [-0.3, -0.25) is 33.6 Å². The summed E-state index contributed by atoms with van der Waals surface area (Å²) in [5, 5.41) is 12.8. The van der Waals surface area contributed by atoms with Crippen LogP contribution >= 0.6 is 0 Å². The van der Waals surface area contributed by atoms with Gasteiger partial charge in [-0.2, -0.15) is 5.10 Å². The van der Waals surface area contributed by atoms with E-state index in [1.807, 2.05) is 66.1 Å². The monoisotopic (exact) mass is 867 g/mol. The molecule has 0 bridgehead atoms. The molecular weight excluding hydrogens is 822 g/mol. The SMILES string of the molecule is CCn1c(-c2ccc(-n3cnn(C)c3=O)cc2)cc2ccnc(C(=O)Nc3ccc(F)c(C(=O)NCCC4CCCN(c5ccc6c(c5)n(C)c(=O)n6C5CCC(=O)NC5=O)C4)c3)c21. The van der Waals surface area contributed by atoms with Gasteiger partial charge in [0.1, 0.15) is 18.2 Å². The molecular formula is C46H46FN11O6. The minimum Gasteiger partial charge on any atom is -0.371 e. The third-order valence-corrected chi connectivity index (χ3v) is 12.4. The van der Waals surface area contributed by atoms with E-state index in [1.165, 1.54) is 36.8 Å². The number of benzene rings is 3. The highest BCUT2D eigenvalue weighted by atomic mass is 19.1. The van der Waals surface area contributed by atoms with Gasteiger partial charge in [0.05, 0.1) is 27.8 Å². The molecule has 17 nitrogen and oxygen atoms in total. The highest BCUT2D eigenvalue weighted by Gasteiger charge is 2.32. The van der Waals surface area contributed by atoms with Crippen LogP contribution in [0.25, 0.3) is 38.9 Å². The van der Waals surface area contributed by atoms with Gasteiger partial charge in [-0.15, -0.1) is 0 Å². The molecule has 4 amide bonds. The molecule has 9 rings (SSSR count). The number of imide groups is 1. The number of fused-ring (bicyclic) bond motifs is 2. The Kier molecular flexibility index (Phi) is 11.0. The second-order valence-corrected chi connectivity index (χ2v) is 16.3. The first-order chi connectivity index (χ1) is 30.9. The summed E-state index contributed by atoms with van der Waals surface area (Å²) in [7, 11) is 3.25. The summed E-state index contributed by atoms with van der Waals surface area (Å²) < 4.78 is 22.8. The van der Waals surface area contributed by atoms with Crippen LogP contribution in [0.5, 0.6) is 0 Å². The summed E-state index contributed by atoms with van der Waals surface area (Å²) in [6.45, 7) is 4.32. The Balaban J connectivity index is 0.847. The van der Waals surface area contributed by atoms with Crippen molar-refractivity contribution in [2.24, 2.45) is 20.0 Å². The van der Waals surface area contributed by atoms with Gasteiger partial charge < -0.3 is 20.1 Å². The molecule has 2 saturated heterocycles. The lowest BCUT2D eigenvalue weighted by Gasteiger charge is -2.34. The van der Waals surface area contributed by atoms with Crippen LogP contribution < -0.4 is 32.2 Å². The number of piperidine rings is 2. The largest absolute Gasteiger partial charge is 0.371 e. The van der Waals surface area contributed by atoms with E-state index in [-0.39, 0.29) is 53.0 Å². The van der Waals surface area contributed by atoms with E-state index in [1.54, 1.807) is 20.3 Å². The van der Waals surface area contributed by atoms with Gasteiger partial charge in [-0.1, -0.05) is 12.1 Å². The lowest BCUT2D eigenvalue weighted by Crippen LogP contribution is -2.44. The van der Waals surface area contributed by atoms with E-state index in [4.69, 9.17) is 0 Å². The molecule has 2 aliphatic rings. The van der Waals surface area contributed by atoms with E-state index >= 15 is 4.39 Å². The van der Waals surface area contributed by atoms with Gasteiger partial charge in [-0.05, 0) is 105 Å². The molecule has 64 heavy (non-hydrogen) atoms. The van der Waals surface area contributed by atoms with E-state index in [2.05, 4.69) is 30.9 Å². The summed E-state index contributed by atoms with van der Waals surface area (Å²) in [6.07, 6.45) is 5.95. The van der Waals surface area contributed by atoms with Crippen LogP contribution in [0.3, 0.4) is 0 Å². The van der Waals surface area contributed by atoms with Gasteiger partial charge in [0, 0.05) is 75.3 Å². The van der Waals surface area contributed by atoms with Crippen LogP contribution in [-0.4, -0.2) is 76.3 Å². The number of aryl methyl sites for hydroxylation is 3. The average molecular weight is 868 g/mol. The number of pyridine rings is 1. The number of halogens is 1. The number of carbonyl (C=O) groups excluding carboxylic acids is 4. The van der Waals surface area contributed by atoms with E-state index in [0.717, 1.165) is 47.8 Å². The summed E-state index contributed by atoms with van der Waals surface area (Å²) in [5.41, 5.74) is 4.83. The summed E-state index contributed by atoms with van der Waals surface area (Å²) in [5.74, 6) is -2.44. The number of imidazole rings is 1. The molecule has 3 N–H and O–H groups in total. The van der Waals surface area contributed by atoms with Crippen molar-refractivity contribution in [3.05, 3.63) is 123 Å². The number of anilines is 2. The van der Waals surface area contributed by atoms with Crippen LogP contribution in [0, 0.1) is 11.7 Å². The fourth-order valence-electron chi connectivity index (χ4n) is 9.07. The van der Waals surface area contributed by atoms with Gasteiger partial charge in [0.15, 0.2) is 5.69 Å². The maximum Gasteiger partial charge on any atom is 0.350 e. The Morgan fingerprint density at radius 3 is 2.44 bits per heavy atom. The number of nitrogens with one attached hydrogen (secondary N) is 3. The maximum absolute atomic E-state index is 15.1. The molecule has 328 valence electrons. The van der Waals surface area contributed by atoms with Crippen LogP contribution in [-0.2, 0) is 30.2 Å². The highest BCUT2D eigenvalue weighted by molar-refractivity contribution is 6.11. The first kappa shape index (κ1) is 41.7. The molecule has 18 heteroatoms. The molecule has 0 spiro atoms. The molecule has 0 radical (unpaired) electrons. The maximum atomic E-state index is 15.1. The number of hydrogen-bond donors (Lipinski definition) is 3. The van der Waals surface area contributed by atoms with E-state index in [0.29, 0.717) is 48.3 Å². The standard InChI is InChI=1S/C46H46FN11O6/c1-4-56-37(28-7-10-31(11-8-28)57-26-50-54(3)46(57)64)22-29-18-20-48-40(41(29)56)44(62)51-30-9-13-34(47)33(23-30)42(60)49-19-17-27-6-5-21-55(25-27)32-12-14-35-38(24-32)53(2)45(63)58(35)36-15-16-39(59)52-43(36)61/h7-14,18,20,22-24,26-27,36H,4-6,15-17,19,21,25H2,1-3H3,(H,49,60)(H,51,62)(H,52,59,61). The number of hydrogen-bond acceptors (Lipinski definition) is 9. The Labute approximate surface area is 365 Å². The van der Waals surface area contributed by atoms with Gasteiger partial charge in [-0.25, -0.2) is 28.2 Å². The summed E-state index contributed by atoms with van der Waals surface area (Å²) >= 11 is 0. The Hall–Kier alpha value is -7.63. The fourth-order valence-corrected chi connectivity index (χ4v) is 9.07. The third kappa shape index (κ3) is 7.64. The lowest BCUT2D eigenvalue weighted by atomic mass is 9.94. The zero-order chi connectivity index (χ0) is 44.8. The zero-order valence-electron chi connectivity index (χ0n) is 35.5. The third-order valence-electron chi connectivity index (χ3n) is 12.4. The van der Waals surface area contributed by atoms with Crippen LogP contribution in [0.2, 0.25) is 0 Å². The van der Waals surface area contributed by atoms with Gasteiger partial charge in [0.2, 0.25) is 11.8 Å². The first-order valence-corrected chi connectivity index (χ1v) is 21.3. The predicted molar refractivity (Wildman–Crippen MR) is 238 cm³/mol. The molecule has 2 aliphatic heterocycles. The van der Waals surface area contributed by atoms with Crippen molar-refractivity contribution >= 4 is 56.9 Å². The number of rotatable bonds is 11. The first-order valence-electron chi connectivity index (χ1n) is 21.3. The summed E-state index contributed by atoms with van der Waals surface area (Å²) in [4.78, 5) is 84.0. The van der Waals surface area contributed by atoms with Crippen molar-refractivity contribution in [1.82, 2.24) is 43.7 Å². The molecule has 4 aromatic heterocycles. The molecule has 2 atom stereocenters. The highest BCUT2D eigenvalue weighted by Crippen LogP contribution is 2.32.